The zero-order chi connectivity index (χ0) is 23.1. The van der Waals surface area contributed by atoms with Crippen molar-refractivity contribution in [2.45, 2.75) is 29.9 Å². The number of allylic oxidation sites excluding steroid dienone is 2. The summed E-state index contributed by atoms with van der Waals surface area (Å²) in [6.07, 6.45) is 8.18. The first-order valence-corrected chi connectivity index (χ1v) is 12.4. The molecule has 0 aliphatic carbocycles. The molecule has 2 heterocycles. The van der Waals surface area contributed by atoms with E-state index in [-0.39, 0.29) is 4.90 Å². The van der Waals surface area contributed by atoms with Crippen LogP contribution in [0.3, 0.4) is 0 Å². The molecule has 32 heavy (non-hydrogen) atoms. The zero-order valence-electron chi connectivity index (χ0n) is 19.1. The SMILES string of the molecule is CN(C)c1ccc(C=CC=CC23OCCN2c2ccc(S(=O)(=O)CN)cc2C3(C)C)cc1. The monoisotopic (exact) mass is 453 g/mol. The number of benzene rings is 2. The summed E-state index contributed by atoms with van der Waals surface area (Å²) in [7, 11) is 0.560. The van der Waals surface area contributed by atoms with Gasteiger partial charge in [-0.3, -0.25) is 0 Å². The molecule has 0 saturated carbocycles. The van der Waals surface area contributed by atoms with E-state index in [4.69, 9.17) is 10.5 Å². The molecule has 6 nitrogen and oxygen atoms in total. The van der Waals surface area contributed by atoms with Crippen LogP contribution >= 0.6 is 0 Å². The second-order valence-corrected chi connectivity index (χ2v) is 11.0. The van der Waals surface area contributed by atoms with Gasteiger partial charge in [0, 0.05) is 37.4 Å². The summed E-state index contributed by atoms with van der Waals surface area (Å²) in [5, 5.41) is 0. The molecule has 2 aliphatic rings. The van der Waals surface area contributed by atoms with Crippen molar-refractivity contribution in [1.29, 1.82) is 0 Å². The second-order valence-electron chi connectivity index (χ2n) is 8.99. The van der Waals surface area contributed by atoms with Gasteiger partial charge in [-0.25, -0.2) is 8.42 Å². The molecule has 0 aromatic heterocycles. The number of sulfone groups is 1. The Morgan fingerprint density at radius 2 is 1.84 bits per heavy atom. The summed E-state index contributed by atoms with van der Waals surface area (Å²) < 4.78 is 31.0. The van der Waals surface area contributed by atoms with Crippen molar-refractivity contribution in [3.05, 3.63) is 71.8 Å². The van der Waals surface area contributed by atoms with Gasteiger partial charge in [0.2, 0.25) is 0 Å². The van der Waals surface area contributed by atoms with Crippen molar-refractivity contribution < 1.29 is 13.2 Å². The Morgan fingerprint density at radius 3 is 2.50 bits per heavy atom. The van der Waals surface area contributed by atoms with Crippen molar-refractivity contribution in [2.75, 3.05) is 42.9 Å². The van der Waals surface area contributed by atoms with Crippen LogP contribution in [-0.4, -0.2) is 47.3 Å². The maximum absolute atomic E-state index is 12.3. The normalized spacial score (nSPS) is 22.0. The van der Waals surface area contributed by atoms with Gasteiger partial charge in [0.05, 0.1) is 11.5 Å². The van der Waals surface area contributed by atoms with Crippen molar-refractivity contribution >= 4 is 27.3 Å². The van der Waals surface area contributed by atoms with E-state index in [1.807, 2.05) is 32.3 Å². The van der Waals surface area contributed by atoms with Crippen molar-refractivity contribution in [2.24, 2.45) is 5.73 Å². The highest BCUT2D eigenvalue weighted by atomic mass is 32.2. The minimum atomic E-state index is -3.49. The van der Waals surface area contributed by atoms with Crippen LogP contribution in [0.1, 0.15) is 25.0 Å². The van der Waals surface area contributed by atoms with Crippen LogP contribution in [0, 0.1) is 0 Å². The molecule has 2 aromatic rings. The van der Waals surface area contributed by atoms with E-state index in [1.165, 1.54) is 0 Å². The minimum Gasteiger partial charge on any atom is -0.378 e. The Morgan fingerprint density at radius 1 is 1.12 bits per heavy atom. The van der Waals surface area contributed by atoms with E-state index >= 15 is 0 Å². The first kappa shape index (κ1) is 22.6. The van der Waals surface area contributed by atoms with Crippen LogP contribution in [0.15, 0.2) is 65.6 Å². The number of nitrogens with zero attached hydrogens (tertiary/aromatic N) is 2. The van der Waals surface area contributed by atoms with E-state index < -0.39 is 26.9 Å². The molecular weight excluding hydrogens is 422 g/mol. The highest BCUT2D eigenvalue weighted by Crippen LogP contribution is 2.55. The van der Waals surface area contributed by atoms with Gasteiger partial charge in [-0.1, -0.05) is 44.2 Å². The molecule has 0 bridgehead atoms. The lowest BCUT2D eigenvalue weighted by Gasteiger charge is -2.39. The molecule has 2 aromatic carbocycles. The summed E-state index contributed by atoms with van der Waals surface area (Å²) in [6, 6.07) is 13.6. The Hall–Kier alpha value is -2.61. The average Bonchev–Trinajstić information content (AvgIpc) is 3.28. The topological polar surface area (TPSA) is 75.9 Å². The van der Waals surface area contributed by atoms with Crippen molar-refractivity contribution in [3.63, 3.8) is 0 Å². The molecule has 4 rings (SSSR count). The number of anilines is 2. The molecule has 1 fully saturated rings. The first-order valence-electron chi connectivity index (χ1n) is 10.7. The smallest absolute Gasteiger partial charge is 0.191 e. The molecule has 1 saturated heterocycles. The van der Waals surface area contributed by atoms with Crippen molar-refractivity contribution in [1.82, 2.24) is 0 Å². The maximum atomic E-state index is 12.3. The quantitative estimate of drug-likeness (QED) is 0.675. The molecule has 7 heteroatoms. The van der Waals surface area contributed by atoms with Crippen LogP contribution in [0.4, 0.5) is 11.4 Å². The fourth-order valence-electron chi connectivity index (χ4n) is 4.67. The highest BCUT2D eigenvalue weighted by Gasteiger charge is 2.59. The number of nitrogens with two attached hydrogens (primary N) is 1. The van der Waals surface area contributed by atoms with Gasteiger partial charge < -0.3 is 20.3 Å². The molecule has 2 aliphatic heterocycles. The van der Waals surface area contributed by atoms with Crippen LogP contribution in [0.25, 0.3) is 6.08 Å². The van der Waals surface area contributed by atoms with Gasteiger partial charge in [-0.15, -0.1) is 0 Å². The Kier molecular flexibility index (Phi) is 5.69. The number of hydrogen-bond acceptors (Lipinski definition) is 6. The number of hydrogen-bond donors (Lipinski definition) is 1. The number of ether oxygens (including phenoxy) is 1. The summed E-state index contributed by atoms with van der Waals surface area (Å²) in [4.78, 5) is 4.56. The third-order valence-corrected chi connectivity index (χ3v) is 7.99. The van der Waals surface area contributed by atoms with Gasteiger partial charge in [-0.05, 0) is 47.5 Å². The van der Waals surface area contributed by atoms with Gasteiger partial charge in [0.15, 0.2) is 15.6 Å². The lowest BCUT2D eigenvalue weighted by Crippen LogP contribution is -2.51. The van der Waals surface area contributed by atoms with Gasteiger partial charge in [0.1, 0.15) is 5.88 Å². The average molecular weight is 454 g/mol. The highest BCUT2D eigenvalue weighted by molar-refractivity contribution is 7.91. The fraction of sp³-hybridized carbons (Fsp3) is 0.360. The fourth-order valence-corrected chi connectivity index (χ4v) is 5.44. The minimum absolute atomic E-state index is 0.258. The summed E-state index contributed by atoms with van der Waals surface area (Å²) >= 11 is 0. The lowest BCUT2D eigenvalue weighted by atomic mass is 9.77. The summed E-state index contributed by atoms with van der Waals surface area (Å²) in [5.41, 5.74) is 8.61. The van der Waals surface area contributed by atoms with Gasteiger partial charge in [-0.2, -0.15) is 0 Å². The largest absolute Gasteiger partial charge is 0.378 e. The maximum Gasteiger partial charge on any atom is 0.191 e. The lowest BCUT2D eigenvalue weighted by molar-refractivity contribution is -0.000334. The molecule has 0 amide bonds. The standard InChI is InChI=1S/C25H31N3O3S/c1-24(2)22-17-21(32(29,30)18-26)12-13-23(22)28-15-16-31-25(24,28)14-6-5-7-19-8-10-20(11-9-19)27(3)4/h5-14,17H,15-16,18,26H2,1-4H3. The predicted molar refractivity (Wildman–Crippen MR) is 131 cm³/mol. The van der Waals surface area contributed by atoms with E-state index in [2.05, 4.69) is 60.1 Å². The molecule has 1 atom stereocenters. The molecule has 1 unspecified atom stereocenters. The third-order valence-electron chi connectivity index (χ3n) is 6.58. The van der Waals surface area contributed by atoms with Gasteiger partial charge >= 0.3 is 0 Å². The second kappa shape index (κ2) is 8.06. The molecule has 0 radical (unpaired) electrons. The summed E-state index contributed by atoms with van der Waals surface area (Å²) in [5.74, 6) is -0.405. The van der Waals surface area contributed by atoms with E-state index in [0.717, 1.165) is 29.0 Å². The molecular formula is C25H31N3O3S. The molecule has 170 valence electrons. The van der Waals surface area contributed by atoms with Crippen LogP contribution in [0.2, 0.25) is 0 Å². The van der Waals surface area contributed by atoms with Crippen LogP contribution in [0.5, 0.6) is 0 Å². The number of fused-ring (bicyclic) bond motifs is 3. The van der Waals surface area contributed by atoms with Crippen LogP contribution in [-0.2, 0) is 20.0 Å². The predicted octanol–water partition coefficient (Wildman–Crippen LogP) is 3.54. The Bertz CT molecular complexity index is 1170. The van der Waals surface area contributed by atoms with E-state index in [0.29, 0.717) is 6.61 Å². The van der Waals surface area contributed by atoms with Crippen molar-refractivity contribution in [3.8, 4) is 0 Å². The zero-order valence-corrected chi connectivity index (χ0v) is 19.9. The summed E-state index contributed by atoms with van der Waals surface area (Å²) in [6.45, 7) is 5.57. The number of rotatable bonds is 6. The van der Waals surface area contributed by atoms with E-state index in [9.17, 15) is 8.42 Å². The van der Waals surface area contributed by atoms with Crippen LogP contribution < -0.4 is 15.5 Å². The Balaban J connectivity index is 1.64. The molecule has 0 spiro atoms. The molecule has 2 N–H and O–H groups in total. The first-order chi connectivity index (χ1) is 15.1. The Labute approximate surface area is 190 Å². The van der Waals surface area contributed by atoms with E-state index in [1.54, 1.807) is 12.1 Å². The third kappa shape index (κ3) is 3.54. The van der Waals surface area contributed by atoms with Gasteiger partial charge in [0.25, 0.3) is 0 Å².